The zero-order valence-corrected chi connectivity index (χ0v) is 14.3. The van der Waals surface area contributed by atoms with Crippen molar-refractivity contribution in [3.8, 4) is 0 Å². The van der Waals surface area contributed by atoms with E-state index in [0.29, 0.717) is 0 Å². The Morgan fingerprint density at radius 1 is 1.60 bits per heavy atom. The van der Waals surface area contributed by atoms with Crippen LogP contribution in [0.5, 0.6) is 0 Å². The largest absolute Gasteiger partial charge is 0.475 e. The SMILES string of the molecule is CCOP1(=O)OC[C@H]2O[C@@H](n3ccc(=O)[nH]c3=O)[C@](C)(N=[N+]=[N-])[C@@H]2O1. The number of ether oxygens (including phenoxy) is 1. The molecule has 1 unspecified atom stereocenters. The van der Waals surface area contributed by atoms with Crippen LogP contribution >= 0.6 is 7.82 Å². The zero-order valence-electron chi connectivity index (χ0n) is 13.4. The maximum atomic E-state index is 12.4. The van der Waals surface area contributed by atoms with Crippen molar-refractivity contribution >= 4 is 7.82 Å². The van der Waals surface area contributed by atoms with Gasteiger partial charge in [-0.1, -0.05) is 5.11 Å². The fraction of sp³-hybridized carbons (Fsp3) is 0.667. The molecule has 25 heavy (non-hydrogen) atoms. The molecule has 0 bridgehead atoms. The first-order valence-corrected chi connectivity index (χ1v) is 8.90. The molecule has 2 aliphatic rings. The Morgan fingerprint density at radius 2 is 2.36 bits per heavy atom. The van der Waals surface area contributed by atoms with Gasteiger partial charge in [-0.2, -0.15) is 0 Å². The maximum Gasteiger partial charge on any atom is 0.475 e. The number of nitrogens with one attached hydrogen (secondary N) is 1. The minimum atomic E-state index is -3.83. The molecule has 3 heterocycles. The van der Waals surface area contributed by atoms with Crippen LogP contribution in [0.3, 0.4) is 0 Å². The molecule has 136 valence electrons. The molecule has 12 nitrogen and oxygen atoms in total. The number of aromatic nitrogens is 2. The average Bonchev–Trinajstić information content (AvgIpc) is 2.80. The molecule has 1 N–H and O–H groups in total. The van der Waals surface area contributed by atoms with Crippen molar-refractivity contribution in [2.24, 2.45) is 5.11 Å². The van der Waals surface area contributed by atoms with E-state index in [0.717, 1.165) is 10.6 Å². The van der Waals surface area contributed by atoms with Crippen LogP contribution in [-0.2, 0) is 22.9 Å². The van der Waals surface area contributed by atoms with Crippen LogP contribution in [0.2, 0.25) is 0 Å². The second kappa shape index (κ2) is 6.41. The van der Waals surface area contributed by atoms with E-state index in [4.69, 9.17) is 23.8 Å². The molecule has 13 heteroatoms. The Hall–Kier alpha value is -1.94. The van der Waals surface area contributed by atoms with Crippen LogP contribution in [0.4, 0.5) is 0 Å². The van der Waals surface area contributed by atoms with Crippen molar-refractivity contribution in [3.05, 3.63) is 43.5 Å². The van der Waals surface area contributed by atoms with E-state index < -0.39 is 43.0 Å². The molecule has 0 aromatic carbocycles. The Morgan fingerprint density at radius 3 is 3.00 bits per heavy atom. The molecule has 1 aromatic rings. The van der Waals surface area contributed by atoms with E-state index in [2.05, 4.69) is 15.0 Å². The second-order valence-electron chi connectivity index (χ2n) is 5.65. The summed E-state index contributed by atoms with van der Waals surface area (Å²) >= 11 is 0. The molecule has 2 aliphatic heterocycles. The maximum absolute atomic E-state index is 12.4. The highest BCUT2D eigenvalue weighted by Crippen LogP contribution is 2.59. The lowest BCUT2D eigenvalue weighted by molar-refractivity contribution is -0.0718. The van der Waals surface area contributed by atoms with E-state index in [9.17, 15) is 14.2 Å². The van der Waals surface area contributed by atoms with Gasteiger partial charge in [0, 0.05) is 17.2 Å². The molecule has 0 amide bonds. The molecule has 3 rings (SSSR count). The van der Waals surface area contributed by atoms with Gasteiger partial charge in [-0.3, -0.25) is 27.9 Å². The summed E-state index contributed by atoms with van der Waals surface area (Å²) in [4.78, 5) is 28.3. The molecule has 1 aromatic heterocycles. The fourth-order valence-electron chi connectivity index (χ4n) is 2.91. The van der Waals surface area contributed by atoms with Gasteiger partial charge in [0.25, 0.3) is 5.56 Å². The summed E-state index contributed by atoms with van der Waals surface area (Å²) in [6.07, 6.45) is -1.60. The van der Waals surface area contributed by atoms with Crippen LogP contribution in [0.1, 0.15) is 20.1 Å². The van der Waals surface area contributed by atoms with Gasteiger partial charge in [-0.25, -0.2) is 9.36 Å². The van der Waals surface area contributed by atoms with E-state index in [1.54, 1.807) is 6.92 Å². The molecule has 0 saturated carbocycles. The van der Waals surface area contributed by atoms with Crippen LogP contribution in [0.15, 0.2) is 27.0 Å². The van der Waals surface area contributed by atoms with Gasteiger partial charge in [-0.15, -0.1) is 0 Å². The van der Waals surface area contributed by atoms with Crippen molar-refractivity contribution in [2.45, 2.75) is 37.8 Å². The van der Waals surface area contributed by atoms with Gasteiger partial charge >= 0.3 is 13.5 Å². The molecule has 5 atom stereocenters. The third-order valence-corrected chi connectivity index (χ3v) is 5.53. The van der Waals surface area contributed by atoms with E-state index in [1.807, 2.05) is 0 Å². The molecule has 0 radical (unpaired) electrons. The minimum Gasteiger partial charge on any atom is -0.349 e. The minimum absolute atomic E-state index is 0.0938. The highest BCUT2D eigenvalue weighted by atomic mass is 31.2. The number of azide groups is 1. The highest BCUT2D eigenvalue weighted by molar-refractivity contribution is 7.48. The summed E-state index contributed by atoms with van der Waals surface area (Å²) in [6, 6.07) is 1.13. The van der Waals surface area contributed by atoms with Crippen molar-refractivity contribution in [1.82, 2.24) is 9.55 Å². The number of hydrogen-bond donors (Lipinski definition) is 1. The number of hydrogen-bond acceptors (Lipinski definition) is 8. The number of H-pyrrole nitrogens is 1. The Kier molecular flexibility index (Phi) is 4.58. The summed E-state index contributed by atoms with van der Waals surface area (Å²) in [5.41, 5.74) is 6.20. The molecule has 2 fully saturated rings. The van der Waals surface area contributed by atoms with Crippen LogP contribution in [-0.4, -0.2) is 40.5 Å². The molecular weight excluding hydrogens is 357 g/mol. The van der Waals surface area contributed by atoms with Crippen molar-refractivity contribution in [2.75, 3.05) is 13.2 Å². The average molecular weight is 373 g/mol. The first-order valence-electron chi connectivity index (χ1n) is 7.43. The Balaban J connectivity index is 2.04. The number of phosphoric acid groups is 1. The van der Waals surface area contributed by atoms with Crippen molar-refractivity contribution in [1.29, 1.82) is 0 Å². The third kappa shape index (κ3) is 3.04. The lowest BCUT2D eigenvalue weighted by Gasteiger charge is -2.35. The monoisotopic (exact) mass is 373 g/mol. The summed E-state index contributed by atoms with van der Waals surface area (Å²) in [5.74, 6) is 0. The predicted octanol–water partition coefficient (Wildman–Crippen LogP) is 1.06. The molecule has 2 saturated heterocycles. The fourth-order valence-corrected chi connectivity index (χ4v) is 4.38. The highest BCUT2D eigenvalue weighted by Gasteiger charge is 2.60. The van der Waals surface area contributed by atoms with E-state index in [1.165, 1.54) is 13.1 Å². The van der Waals surface area contributed by atoms with Gasteiger partial charge < -0.3 is 4.74 Å². The predicted molar refractivity (Wildman–Crippen MR) is 82.8 cm³/mol. The van der Waals surface area contributed by atoms with Gasteiger partial charge in [0.05, 0.1) is 13.2 Å². The van der Waals surface area contributed by atoms with Crippen molar-refractivity contribution < 1.29 is 22.9 Å². The van der Waals surface area contributed by atoms with Crippen LogP contribution in [0, 0.1) is 0 Å². The van der Waals surface area contributed by atoms with Crippen molar-refractivity contribution in [3.63, 3.8) is 0 Å². The standard InChI is InChI=1S/C12H16N5O7P/c1-3-21-25(20)22-6-7-9(24-25)12(2,15-16-13)10(23-7)17-5-4-8(18)14-11(17)19/h4-5,7,9-10H,3,6H2,1-2H3,(H,14,18,19)/t7-,9-,10-,12-,25?/m1/s1. The second-order valence-corrected chi connectivity index (χ2v) is 7.27. The van der Waals surface area contributed by atoms with Gasteiger partial charge in [0.15, 0.2) is 6.23 Å². The summed E-state index contributed by atoms with van der Waals surface area (Å²) in [7, 11) is -3.83. The third-order valence-electron chi connectivity index (χ3n) is 4.01. The summed E-state index contributed by atoms with van der Waals surface area (Å²) in [5, 5.41) is 3.73. The topological polar surface area (TPSA) is 158 Å². The van der Waals surface area contributed by atoms with Gasteiger partial charge in [0.2, 0.25) is 0 Å². The smallest absolute Gasteiger partial charge is 0.349 e. The Labute approximate surface area is 140 Å². The Bertz CT molecular complexity index is 877. The molecule has 0 spiro atoms. The summed E-state index contributed by atoms with van der Waals surface area (Å²) < 4.78 is 34.9. The summed E-state index contributed by atoms with van der Waals surface area (Å²) in [6.45, 7) is 3.09. The zero-order chi connectivity index (χ0) is 18.2. The molecular formula is C12H16N5O7P. The van der Waals surface area contributed by atoms with E-state index in [-0.39, 0.29) is 13.2 Å². The number of phosphoric ester groups is 1. The lowest BCUT2D eigenvalue weighted by Crippen LogP contribution is -2.47. The van der Waals surface area contributed by atoms with Crippen LogP contribution < -0.4 is 11.2 Å². The number of fused-ring (bicyclic) bond motifs is 1. The van der Waals surface area contributed by atoms with E-state index >= 15 is 0 Å². The first-order chi connectivity index (χ1) is 11.8. The van der Waals surface area contributed by atoms with Gasteiger partial charge in [0.1, 0.15) is 17.7 Å². The lowest BCUT2D eigenvalue weighted by atomic mass is 9.93. The number of aromatic amines is 1. The molecule has 0 aliphatic carbocycles. The number of rotatable bonds is 4. The first kappa shape index (κ1) is 17.9. The van der Waals surface area contributed by atoms with Crippen LogP contribution in [0.25, 0.3) is 10.4 Å². The normalized spacial score (nSPS) is 37.3. The van der Waals surface area contributed by atoms with Gasteiger partial charge in [-0.05, 0) is 19.4 Å². The quantitative estimate of drug-likeness (QED) is 0.358. The number of nitrogens with zero attached hydrogens (tertiary/aromatic N) is 4.